The lowest BCUT2D eigenvalue weighted by Gasteiger charge is -2.29. The highest BCUT2D eigenvalue weighted by atomic mass is 15.2. The molecule has 1 aliphatic heterocycles. The molecule has 1 aliphatic rings. The van der Waals surface area contributed by atoms with E-state index in [1.54, 1.807) is 0 Å². The van der Waals surface area contributed by atoms with Crippen molar-refractivity contribution in [3.8, 4) is 0 Å². The van der Waals surface area contributed by atoms with Crippen LogP contribution in [0.25, 0.3) is 0 Å². The first-order valence-corrected chi connectivity index (χ1v) is 8.18. The molecule has 0 bridgehead atoms. The van der Waals surface area contributed by atoms with Crippen LogP contribution in [-0.2, 0) is 0 Å². The van der Waals surface area contributed by atoms with Gasteiger partial charge in [-0.25, -0.2) is 0 Å². The van der Waals surface area contributed by atoms with E-state index in [2.05, 4.69) is 37.9 Å². The van der Waals surface area contributed by atoms with Crippen molar-refractivity contribution >= 4 is 0 Å². The minimum absolute atomic E-state index is 0.696. The van der Waals surface area contributed by atoms with Gasteiger partial charge in [-0.05, 0) is 58.0 Å². The third-order valence-electron chi connectivity index (χ3n) is 4.77. The quantitative estimate of drug-likeness (QED) is 0.746. The first-order valence-electron chi connectivity index (χ1n) is 8.18. The molecule has 1 N–H and O–H groups in total. The Morgan fingerprint density at radius 1 is 1.11 bits per heavy atom. The Bertz CT molecular complexity index is 201. The minimum atomic E-state index is 0.696. The van der Waals surface area contributed by atoms with Crippen LogP contribution in [0.1, 0.15) is 66.2 Å². The molecule has 2 unspecified atom stereocenters. The van der Waals surface area contributed by atoms with E-state index in [1.165, 1.54) is 51.6 Å². The van der Waals surface area contributed by atoms with Crippen LogP contribution in [0.4, 0.5) is 0 Å². The van der Waals surface area contributed by atoms with Crippen LogP contribution in [0.5, 0.6) is 0 Å². The molecule has 0 spiro atoms. The Morgan fingerprint density at radius 3 is 2.44 bits per heavy atom. The Labute approximate surface area is 115 Å². The summed E-state index contributed by atoms with van der Waals surface area (Å²) in [4.78, 5) is 2.70. The Hall–Kier alpha value is -0.0800. The van der Waals surface area contributed by atoms with Crippen molar-refractivity contribution in [2.75, 3.05) is 19.6 Å². The van der Waals surface area contributed by atoms with Crippen LogP contribution < -0.4 is 5.32 Å². The van der Waals surface area contributed by atoms with Gasteiger partial charge in [-0.3, -0.25) is 4.90 Å². The Balaban J connectivity index is 2.30. The average Bonchev–Trinajstić information content (AvgIpc) is 2.65. The fraction of sp³-hybridized carbons (Fsp3) is 1.00. The highest BCUT2D eigenvalue weighted by molar-refractivity contribution is 4.76. The SMILES string of the molecule is CCC1CCCN(C(C)CNC(CC)CC)CC1. The minimum Gasteiger partial charge on any atom is -0.312 e. The number of nitrogens with one attached hydrogen (secondary N) is 1. The molecule has 1 heterocycles. The van der Waals surface area contributed by atoms with Gasteiger partial charge in [0, 0.05) is 18.6 Å². The van der Waals surface area contributed by atoms with Crippen molar-refractivity contribution < 1.29 is 0 Å². The molecule has 2 heteroatoms. The van der Waals surface area contributed by atoms with Gasteiger partial charge in [0.05, 0.1) is 0 Å². The van der Waals surface area contributed by atoms with Crippen molar-refractivity contribution in [2.45, 2.75) is 78.3 Å². The summed E-state index contributed by atoms with van der Waals surface area (Å²) in [6.45, 7) is 13.1. The molecule has 0 aromatic heterocycles. The summed E-state index contributed by atoms with van der Waals surface area (Å²) in [5.74, 6) is 0.981. The van der Waals surface area contributed by atoms with Crippen molar-refractivity contribution in [3.63, 3.8) is 0 Å². The summed E-state index contributed by atoms with van der Waals surface area (Å²) in [5, 5.41) is 3.72. The summed E-state index contributed by atoms with van der Waals surface area (Å²) in [5.41, 5.74) is 0. The molecule has 18 heavy (non-hydrogen) atoms. The zero-order valence-electron chi connectivity index (χ0n) is 13.0. The lowest BCUT2D eigenvalue weighted by atomic mass is 9.98. The van der Waals surface area contributed by atoms with Gasteiger partial charge in [-0.2, -0.15) is 0 Å². The van der Waals surface area contributed by atoms with E-state index in [0.29, 0.717) is 12.1 Å². The highest BCUT2D eigenvalue weighted by Crippen LogP contribution is 2.21. The van der Waals surface area contributed by atoms with E-state index in [1.807, 2.05) is 0 Å². The maximum absolute atomic E-state index is 3.72. The second-order valence-corrected chi connectivity index (χ2v) is 6.01. The van der Waals surface area contributed by atoms with Gasteiger partial charge < -0.3 is 5.32 Å². The molecule has 1 fully saturated rings. The summed E-state index contributed by atoms with van der Waals surface area (Å²) in [6, 6.07) is 1.41. The average molecular weight is 254 g/mol. The molecule has 1 saturated heterocycles. The zero-order chi connectivity index (χ0) is 13.4. The van der Waals surface area contributed by atoms with Gasteiger partial charge in [0.25, 0.3) is 0 Å². The number of hydrogen-bond donors (Lipinski definition) is 1. The predicted molar refractivity (Wildman–Crippen MR) is 81.0 cm³/mol. The molecule has 0 amide bonds. The third kappa shape index (κ3) is 5.27. The molecular formula is C16H34N2. The standard InChI is InChI=1S/C16H34N2/c1-5-15-9-8-11-18(12-10-15)14(4)13-17-16(6-2)7-3/h14-17H,5-13H2,1-4H3. The van der Waals surface area contributed by atoms with E-state index in [0.717, 1.165) is 12.5 Å². The molecule has 2 atom stereocenters. The molecule has 0 aromatic rings. The smallest absolute Gasteiger partial charge is 0.0192 e. The molecular weight excluding hydrogens is 220 g/mol. The van der Waals surface area contributed by atoms with Crippen LogP contribution in [0.2, 0.25) is 0 Å². The van der Waals surface area contributed by atoms with Crippen molar-refractivity contribution in [2.24, 2.45) is 5.92 Å². The van der Waals surface area contributed by atoms with E-state index in [-0.39, 0.29) is 0 Å². The van der Waals surface area contributed by atoms with Gasteiger partial charge in [0.2, 0.25) is 0 Å². The fourth-order valence-electron chi connectivity index (χ4n) is 3.08. The van der Waals surface area contributed by atoms with Gasteiger partial charge >= 0.3 is 0 Å². The van der Waals surface area contributed by atoms with Crippen LogP contribution in [-0.4, -0.2) is 36.6 Å². The number of rotatable bonds is 7. The van der Waals surface area contributed by atoms with Crippen LogP contribution in [0.3, 0.4) is 0 Å². The van der Waals surface area contributed by atoms with Gasteiger partial charge in [0.1, 0.15) is 0 Å². The largest absolute Gasteiger partial charge is 0.312 e. The van der Waals surface area contributed by atoms with E-state index in [4.69, 9.17) is 0 Å². The van der Waals surface area contributed by atoms with Crippen molar-refractivity contribution in [1.29, 1.82) is 0 Å². The van der Waals surface area contributed by atoms with Gasteiger partial charge in [-0.1, -0.05) is 27.2 Å². The highest BCUT2D eigenvalue weighted by Gasteiger charge is 2.19. The molecule has 0 aliphatic carbocycles. The van der Waals surface area contributed by atoms with Gasteiger partial charge in [0.15, 0.2) is 0 Å². The first kappa shape index (κ1) is 16.0. The number of likely N-dealkylation sites (tertiary alicyclic amines) is 1. The molecule has 108 valence electrons. The third-order valence-corrected chi connectivity index (χ3v) is 4.77. The van der Waals surface area contributed by atoms with Crippen LogP contribution >= 0.6 is 0 Å². The van der Waals surface area contributed by atoms with Crippen molar-refractivity contribution in [3.05, 3.63) is 0 Å². The second kappa shape index (κ2) is 8.92. The molecule has 0 saturated carbocycles. The predicted octanol–water partition coefficient (Wildman–Crippen LogP) is 3.67. The summed E-state index contributed by atoms with van der Waals surface area (Å²) in [7, 11) is 0. The lowest BCUT2D eigenvalue weighted by Crippen LogP contribution is -2.43. The topological polar surface area (TPSA) is 15.3 Å². The second-order valence-electron chi connectivity index (χ2n) is 6.01. The normalized spacial score (nSPS) is 24.2. The summed E-state index contributed by atoms with van der Waals surface area (Å²) >= 11 is 0. The number of hydrogen-bond acceptors (Lipinski definition) is 2. The molecule has 1 rings (SSSR count). The van der Waals surface area contributed by atoms with Crippen LogP contribution in [0.15, 0.2) is 0 Å². The van der Waals surface area contributed by atoms with E-state index >= 15 is 0 Å². The Kier molecular flexibility index (Phi) is 7.92. The number of nitrogens with zero attached hydrogens (tertiary/aromatic N) is 1. The van der Waals surface area contributed by atoms with E-state index in [9.17, 15) is 0 Å². The van der Waals surface area contributed by atoms with E-state index < -0.39 is 0 Å². The van der Waals surface area contributed by atoms with Crippen LogP contribution in [0, 0.1) is 5.92 Å². The molecule has 2 nitrogen and oxygen atoms in total. The van der Waals surface area contributed by atoms with Gasteiger partial charge in [-0.15, -0.1) is 0 Å². The maximum atomic E-state index is 3.72. The fourth-order valence-corrected chi connectivity index (χ4v) is 3.08. The summed E-state index contributed by atoms with van der Waals surface area (Å²) in [6.07, 6.45) is 8.12. The van der Waals surface area contributed by atoms with Crippen molar-refractivity contribution in [1.82, 2.24) is 10.2 Å². The zero-order valence-corrected chi connectivity index (χ0v) is 13.0. The lowest BCUT2D eigenvalue weighted by molar-refractivity contribution is 0.204. The summed E-state index contributed by atoms with van der Waals surface area (Å²) < 4.78 is 0. The molecule has 0 aromatic carbocycles. The maximum Gasteiger partial charge on any atom is 0.0192 e. The first-order chi connectivity index (χ1) is 8.71. The monoisotopic (exact) mass is 254 g/mol. The molecule has 0 radical (unpaired) electrons. The Morgan fingerprint density at radius 2 is 1.83 bits per heavy atom.